The average molecular weight is 256 g/mol. The van der Waals surface area contributed by atoms with Gasteiger partial charge in [0, 0.05) is 23.9 Å². The highest BCUT2D eigenvalue weighted by atomic mass is 16.5. The molecule has 98 valence electrons. The van der Waals surface area contributed by atoms with Gasteiger partial charge in [-0.3, -0.25) is 9.48 Å². The van der Waals surface area contributed by atoms with Crippen molar-refractivity contribution < 1.29 is 9.53 Å². The monoisotopic (exact) mass is 256 g/mol. The summed E-state index contributed by atoms with van der Waals surface area (Å²) in [7, 11) is 3.45. The van der Waals surface area contributed by atoms with E-state index in [0.717, 1.165) is 11.3 Å². The van der Waals surface area contributed by atoms with Gasteiger partial charge in [-0.25, -0.2) is 0 Å². The summed E-state index contributed by atoms with van der Waals surface area (Å²) in [6, 6.07) is 7.11. The molecule has 4 nitrogen and oxygen atoms in total. The van der Waals surface area contributed by atoms with Crippen LogP contribution < -0.4 is 4.74 Å². The van der Waals surface area contributed by atoms with Crippen molar-refractivity contribution in [3.05, 3.63) is 53.4 Å². The van der Waals surface area contributed by atoms with Gasteiger partial charge >= 0.3 is 0 Å². The van der Waals surface area contributed by atoms with Gasteiger partial charge in [-0.1, -0.05) is 12.1 Å². The second kappa shape index (κ2) is 5.52. The minimum Gasteiger partial charge on any atom is -0.497 e. The van der Waals surface area contributed by atoms with Crippen molar-refractivity contribution in [2.75, 3.05) is 7.11 Å². The topological polar surface area (TPSA) is 44.1 Å². The fourth-order valence-corrected chi connectivity index (χ4v) is 1.72. The summed E-state index contributed by atoms with van der Waals surface area (Å²) in [5.74, 6) is 0.624. The zero-order valence-electron chi connectivity index (χ0n) is 11.3. The quantitative estimate of drug-likeness (QED) is 0.624. The van der Waals surface area contributed by atoms with E-state index in [2.05, 4.69) is 5.10 Å². The van der Waals surface area contributed by atoms with E-state index in [1.54, 1.807) is 48.3 Å². The van der Waals surface area contributed by atoms with Crippen molar-refractivity contribution in [2.45, 2.75) is 6.92 Å². The Balaban J connectivity index is 2.18. The third-order valence-electron chi connectivity index (χ3n) is 3.04. The fraction of sp³-hybridized carbons (Fsp3) is 0.200. The number of hydrogen-bond acceptors (Lipinski definition) is 3. The highest BCUT2D eigenvalue weighted by Gasteiger charge is 2.04. The van der Waals surface area contributed by atoms with Crippen LogP contribution in [0.3, 0.4) is 0 Å². The van der Waals surface area contributed by atoms with Crippen LogP contribution in [0.2, 0.25) is 0 Å². The SMILES string of the molecule is COc1cccc(C(=O)C=Cc2cnn(C)c2C)c1. The summed E-state index contributed by atoms with van der Waals surface area (Å²) in [5, 5.41) is 4.13. The number of carbonyl (C=O) groups excluding carboxylic acids is 1. The first-order chi connectivity index (χ1) is 9.11. The van der Waals surface area contributed by atoms with E-state index >= 15 is 0 Å². The van der Waals surface area contributed by atoms with Gasteiger partial charge in [-0.05, 0) is 31.2 Å². The van der Waals surface area contributed by atoms with Gasteiger partial charge in [0.15, 0.2) is 5.78 Å². The van der Waals surface area contributed by atoms with Gasteiger partial charge in [0.1, 0.15) is 5.75 Å². The van der Waals surface area contributed by atoms with Crippen molar-refractivity contribution >= 4 is 11.9 Å². The lowest BCUT2D eigenvalue weighted by atomic mass is 10.1. The number of aromatic nitrogens is 2. The van der Waals surface area contributed by atoms with Gasteiger partial charge in [0.05, 0.1) is 13.3 Å². The van der Waals surface area contributed by atoms with Crippen molar-refractivity contribution in [1.82, 2.24) is 9.78 Å². The molecule has 0 aliphatic rings. The molecule has 1 aromatic heterocycles. The molecular formula is C15H16N2O2. The molecule has 0 aliphatic heterocycles. The molecule has 0 N–H and O–H groups in total. The minimum atomic E-state index is -0.0536. The van der Waals surface area contributed by atoms with Crippen LogP contribution in [0.5, 0.6) is 5.75 Å². The van der Waals surface area contributed by atoms with Gasteiger partial charge in [0.25, 0.3) is 0 Å². The molecule has 19 heavy (non-hydrogen) atoms. The number of aryl methyl sites for hydroxylation is 1. The maximum absolute atomic E-state index is 12.0. The van der Waals surface area contributed by atoms with E-state index in [-0.39, 0.29) is 5.78 Å². The number of rotatable bonds is 4. The normalized spacial score (nSPS) is 10.9. The Hall–Kier alpha value is -2.36. The number of hydrogen-bond donors (Lipinski definition) is 0. The smallest absolute Gasteiger partial charge is 0.185 e. The number of ketones is 1. The Labute approximate surface area is 112 Å². The number of methoxy groups -OCH3 is 1. The molecule has 0 radical (unpaired) electrons. The number of allylic oxidation sites excluding steroid dienone is 1. The van der Waals surface area contributed by atoms with Gasteiger partial charge in [0.2, 0.25) is 0 Å². The number of benzene rings is 1. The molecule has 0 spiro atoms. The first-order valence-electron chi connectivity index (χ1n) is 5.97. The average Bonchev–Trinajstić information content (AvgIpc) is 2.76. The van der Waals surface area contributed by atoms with E-state index in [1.807, 2.05) is 20.0 Å². The molecule has 2 aromatic rings. The second-order valence-corrected chi connectivity index (χ2v) is 4.24. The molecule has 0 saturated heterocycles. The molecule has 0 aliphatic carbocycles. The third-order valence-corrected chi connectivity index (χ3v) is 3.04. The molecule has 4 heteroatoms. The minimum absolute atomic E-state index is 0.0536. The van der Waals surface area contributed by atoms with Crippen LogP contribution in [0.4, 0.5) is 0 Å². The Kier molecular flexibility index (Phi) is 3.80. The Bertz CT molecular complexity index is 627. The number of carbonyl (C=O) groups is 1. The van der Waals surface area contributed by atoms with Gasteiger partial charge in [-0.2, -0.15) is 5.10 Å². The summed E-state index contributed by atoms with van der Waals surface area (Å²) >= 11 is 0. The zero-order valence-corrected chi connectivity index (χ0v) is 11.3. The van der Waals surface area contributed by atoms with E-state index < -0.39 is 0 Å². The molecule has 0 unspecified atom stereocenters. The predicted octanol–water partition coefficient (Wildman–Crippen LogP) is 2.63. The van der Waals surface area contributed by atoms with Crippen LogP contribution in [-0.4, -0.2) is 22.7 Å². The molecule has 0 saturated carbocycles. The van der Waals surface area contributed by atoms with Crippen molar-refractivity contribution in [1.29, 1.82) is 0 Å². The molecule has 0 fully saturated rings. The van der Waals surface area contributed by atoms with Crippen LogP contribution in [0.15, 0.2) is 36.5 Å². The second-order valence-electron chi connectivity index (χ2n) is 4.24. The maximum Gasteiger partial charge on any atom is 0.185 e. The number of nitrogens with zero attached hydrogens (tertiary/aromatic N) is 2. The van der Waals surface area contributed by atoms with Crippen LogP contribution in [-0.2, 0) is 7.05 Å². The summed E-state index contributed by atoms with van der Waals surface area (Å²) in [4.78, 5) is 12.0. The van der Waals surface area contributed by atoms with Crippen molar-refractivity contribution in [2.24, 2.45) is 7.05 Å². The lowest BCUT2D eigenvalue weighted by Gasteiger charge is -2.01. The first kappa shape index (κ1) is 13.1. The Morgan fingerprint density at radius 1 is 1.42 bits per heavy atom. The van der Waals surface area contributed by atoms with Crippen LogP contribution in [0.25, 0.3) is 6.08 Å². The van der Waals surface area contributed by atoms with E-state index in [1.165, 1.54) is 0 Å². The highest BCUT2D eigenvalue weighted by molar-refractivity contribution is 6.07. The first-order valence-corrected chi connectivity index (χ1v) is 5.97. The maximum atomic E-state index is 12.0. The molecule has 2 rings (SSSR count). The van der Waals surface area contributed by atoms with Gasteiger partial charge in [-0.15, -0.1) is 0 Å². The predicted molar refractivity (Wildman–Crippen MR) is 74.3 cm³/mol. The van der Waals surface area contributed by atoms with E-state index in [9.17, 15) is 4.79 Å². The van der Waals surface area contributed by atoms with Crippen molar-refractivity contribution in [3.63, 3.8) is 0 Å². The van der Waals surface area contributed by atoms with Crippen molar-refractivity contribution in [3.8, 4) is 5.75 Å². The summed E-state index contributed by atoms with van der Waals surface area (Å²) in [6.07, 6.45) is 5.08. The highest BCUT2D eigenvalue weighted by Crippen LogP contribution is 2.14. The molecule has 1 heterocycles. The summed E-state index contributed by atoms with van der Waals surface area (Å²) in [5.41, 5.74) is 2.57. The fourth-order valence-electron chi connectivity index (χ4n) is 1.72. The summed E-state index contributed by atoms with van der Waals surface area (Å²) in [6.45, 7) is 1.96. The lowest BCUT2D eigenvalue weighted by Crippen LogP contribution is -1.95. The van der Waals surface area contributed by atoms with Crippen LogP contribution in [0, 0.1) is 6.92 Å². The Morgan fingerprint density at radius 3 is 2.84 bits per heavy atom. The molecule has 0 atom stereocenters. The molecular weight excluding hydrogens is 240 g/mol. The van der Waals surface area contributed by atoms with E-state index in [4.69, 9.17) is 4.74 Å². The molecule has 0 amide bonds. The van der Waals surface area contributed by atoms with Crippen LogP contribution >= 0.6 is 0 Å². The largest absolute Gasteiger partial charge is 0.497 e. The van der Waals surface area contributed by atoms with E-state index in [0.29, 0.717) is 11.3 Å². The van der Waals surface area contributed by atoms with Crippen LogP contribution in [0.1, 0.15) is 21.6 Å². The zero-order chi connectivity index (χ0) is 13.8. The standard InChI is InChI=1S/C15H16N2O2/c1-11-13(10-16-17(11)2)7-8-15(18)12-5-4-6-14(9-12)19-3/h4-10H,1-3H3. The number of ether oxygens (including phenoxy) is 1. The lowest BCUT2D eigenvalue weighted by molar-refractivity contribution is 0.104. The van der Waals surface area contributed by atoms with Gasteiger partial charge < -0.3 is 4.74 Å². The Morgan fingerprint density at radius 2 is 2.21 bits per heavy atom. The third kappa shape index (κ3) is 2.91. The molecule has 1 aromatic carbocycles. The molecule has 0 bridgehead atoms. The summed E-state index contributed by atoms with van der Waals surface area (Å²) < 4.78 is 6.87.